The van der Waals surface area contributed by atoms with Crippen LogP contribution in [0, 0.1) is 17.7 Å². The van der Waals surface area contributed by atoms with Crippen LogP contribution in [0.2, 0.25) is 0 Å². The Morgan fingerprint density at radius 1 is 1.43 bits per heavy atom. The van der Waals surface area contributed by atoms with Crippen molar-refractivity contribution in [1.29, 1.82) is 0 Å². The first-order chi connectivity index (χ1) is 11.1. The molecule has 0 radical (unpaired) electrons. The van der Waals surface area contributed by atoms with Gasteiger partial charge in [0, 0.05) is 13.1 Å². The third-order valence-corrected chi connectivity index (χ3v) is 4.64. The molecule has 2 aliphatic rings. The number of aliphatic imine (C=N–C) groups is 1. The molecular formula is C18H26FN3O. The summed E-state index contributed by atoms with van der Waals surface area (Å²) in [6, 6.07) is 5.67. The summed E-state index contributed by atoms with van der Waals surface area (Å²) in [6.45, 7) is 4.84. The maximum Gasteiger partial charge on any atom is 0.191 e. The van der Waals surface area contributed by atoms with Crippen LogP contribution in [0.25, 0.3) is 0 Å². The van der Waals surface area contributed by atoms with Gasteiger partial charge in [-0.25, -0.2) is 4.39 Å². The van der Waals surface area contributed by atoms with Crippen LogP contribution in [-0.2, 0) is 0 Å². The predicted octanol–water partition coefficient (Wildman–Crippen LogP) is 3.25. The number of hydrogen-bond acceptors (Lipinski definition) is 2. The van der Waals surface area contributed by atoms with E-state index in [1.807, 2.05) is 13.0 Å². The molecule has 4 nitrogen and oxygen atoms in total. The van der Waals surface area contributed by atoms with Gasteiger partial charge in [-0.1, -0.05) is 13.0 Å². The fourth-order valence-electron chi connectivity index (χ4n) is 2.55. The molecule has 5 heteroatoms. The summed E-state index contributed by atoms with van der Waals surface area (Å²) < 4.78 is 19.7. The minimum Gasteiger partial charge on any atom is -0.490 e. The van der Waals surface area contributed by atoms with Crippen molar-refractivity contribution in [2.75, 3.05) is 13.7 Å². The monoisotopic (exact) mass is 319 g/mol. The van der Waals surface area contributed by atoms with Crippen LogP contribution in [-0.4, -0.2) is 25.7 Å². The minimum absolute atomic E-state index is 0.0257. The van der Waals surface area contributed by atoms with Gasteiger partial charge in [0.25, 0.3) is 0 Å². The molecule has 0 saturated heterocycles. The molecule has 126 valence electrons. The first-order valence-corrected chi connectivity index (χ1v) is 8.49. The average Bonchev–Trinajstić information content (AvgIpc) is 3.44. The van der Waals surface area contributed by atoms with Gasteiger partial charge in [-0.15, -0.1) is 0 Å². The lowest BCUT2D eigenvalue weighted by Crippen LogP contribution is -2.40. The van der Waals surface area contributed by atoms with Gasteiger partial charge in [-0.05, 0) is 55.7 Å². The molecule has 2 N–H and O–H groups in total. The van der Waals surface area contributed by atoms with E-state index >= 15 is 0 Å². The Morgan fingerprint density at radius 2 is 2.17 bits per heavy atom. The molecule has 0 aromatic heterocycles. The van der Waals surface area contributed by atoms with Crippen LogP contribution < -0.4 is 15.4 Å². The second-order valence-electron chi connectivity index (χ2n) is 6.85. The van der Waals surface area contributed by atoms with E-state index in [9.17, 15) is 4.39 Å². The highest BCUT2D eigenvalue weighted by Crippen LogP contribution is 2.31. The van der Waals surface area contributed by atoms with Gasteiger partial charge >= 0.3 is 0 Å². The van der Waals surface area contributed by atoms with E-state index in [-0.39, 0.29) is 11.9 Å². The molecular weight excluding hydrogens is 293 g/mol. The van der Waals surface area contributed by atoms with E-state index in [0.29, 0.717) is 30.2 Å². The quantitative estimate of drug-likeness (QED) is 0.625. The Kier molecular flexibility index (Phi) is 4.74. The van der Waals surface area contributed by atoms with Crippen LogP contribution in [0.15, 0.2) is 23.2 Å². The zero-order chi connectivity index (χ0) is 16.4. The van der Waals surface area contributed by atoms with Gasteiger partial charge in [0.15, 0.2) is 17.5 Å². The maximum absolute atomic E-state index is 14.2. The van der Waals surface area contributed by atoms with Crippen LogP contribution in [0.1, 0.15) is 44.7 Å². The van der Waals surface area contributed by atoms with Crippen molar-refractivity contribution in [3.63, 3.8) is 0 Å². The third kappa shape index (κ3) is 4.36. The van der Waals surface area contributed by atoms with E-state index in [1.165, 1.54) is 19.3 Å². The van der Waals surface area contributed by atoms with Crippen molar-refractivity contribution in [3.05, 3.63) is 29.6 Å². The average molecular weight is 319 g/mol. The summed E-state index contributed by atoms with van der Waals surface area (Å²) in [5, 5.41) is 6.69. The number of benzene rings is 1. The number of hydrogen-bond donors (Lipinski definition) is 2. The van der Waals surface area contributed by atoms with Crippen LogP contribution in [0.3, 0.4) is 0 Å². The molecule has 2 aliphatic carbocycles. The first kappa shape index (κ1) is 16.1. The van der Waals surface area contributed by atoms with Crippen molar-refractivity contribution in [3.8, 4) is 5.75 Å². The van der Waals surface area contributed by atoms with Crippen LogP contribution in [0.5, 0.6) is 5.75 Å². The summed E-state index contributed by atoms with van der Waals surface area (Å²) in [5.41, 5.74) is 0.882. The van der Waals surface area contributed by atoms with Gasteiger partial charge in [-0.3, -0.25) is 4.99 Å². The number of halogens is 1. The topological polar surface area (TPSA) is 45.7 Å². The largest absolute Gasteiger partial charge is 0.490 e. The zero-order valence-electron chi connectivity index (χ0n) is 14.1. The van der Waals surface area contributed by atoms with E-state index in [2.05, 4.69) is 22.5 Å². The molecule has 2 fully saturated rings. The molecule has 23 heavy (non-hydrogen) atoms. The first-order valence-electron chi connectivity index (χ1n) is 8.49. The Morgan fingerprint density at radius 3 is 2.74 bits per heavy atom. The number of nitrogens with one attached hydrogen (secondary N) is 2. The number of ether oxygens (including phenoxy) is 1. The number of rotatable bonds is 6. The number of nitrogens with zero attached hydrogens (tertiary/aromatic N) is 1. The molecule has 3 unspecified atom stereocenters. The summed E-state index contributed by atoms with van der Waals surface area (Å²) >= 11 is 0. The smallest absolute Gasteiger partial charge is 0.191 e. The second kappa shape index (κ2) is 6.77. The molecule has 0 heterocycles. The number of guanidine groups is 1. The molecule has 0 aliphatic heterocycles. The Labute approximate surface area is 137 Å². The van der Waals surface area contributed by atoms with Gasteiger partial charge in [-0.2, -0.15) is 0 Å². The van der Waals surface area contributed by atoms with Gasteiger partial charge in [0.1, 0.15) is 0 Å². The second-order valence-corrected chi connectivity index (χ2v) is 6.85. The molecule has 0 bridgehead atoms. The molecule has 3 atom stereocenters. The van der Waals surface area contributed by atoms with Crippen molar-refractivity contribution in [2.45, 2.75) is 45.2 Å². The third-order valence-electron chi connectivity index (χ3n) is 4.64. The zero-order valence-corrected chi connectivity index (χ0v) is 14.1. The lowest BCUT2D eigenvalue weighted by Gasteiger charge is -2.19. The highest BCUT2D eigenvalue weighted by atomic mass is 19.1. The van der Waals surface area contributed by atoms with E-state index in [1.54, 1.807) is 19.2 Å². The van der Waals surface area contributed by atoms with Crippen molar-refractivity contribution < 1.29 is 9.13 Å². The summed E-state index contributed by atoms with van der Waals surface area (Å²) in [6.07, 6.45) is 3.58. The summed E-state index contributed by atoms with van der Waals surface area (Å²) in [7, 11) is 1.75. The molecule has 3 rings (SSSR count). The summed E-state index contributed by atoms with van der Waals surface area (Å²) in [5.74, 6) is 2.14. The lowest BCUT2D eigenvalue weighted by molar-refractivity contribution is 0.285. The minimum atomic E-state index is -0.296. The van der Waals surface area contributed by atoms with Gasteiger partial charge in [0.05, 0.1) is 12.6 Å². The van der Waals surface area contributed by atoms with E-state index < -0.39 is 0 Å². The lowest BCUT2D eigenvalue weighted by atomic mass is 10.1. The molecule has 1 aromatic rings. The van der Waals surface area contributed by atoms with E-state index in [4.69, 9.17) is 4.74 Å². The van der Waals surface area contributed by atoms with E-state index in [0.717, 1.165) is 11.5 Å². The maximum atomic E-state index is 14.2. The molecule has 0 amide bonds. The predicted molar refractivity (Wildman–Crippen MR) is 90.2 cm³/mol. The van der Waals surface area contributed by atoms with Gasteiger partial charge in [0.2, 0.25) is 0 Å². The normalized spacial score (nSPS) is 25.0. The summed E-state index contributed by atoms with van der Waals surface area (Å²) in [4.78, 5) is 4.24. The SMILES string of the molecule is CN=C(NC(C)c1ccc(OCC2CC2)c(F)c1)NC1CC1C. The Balaban J connectivity index is 1.57. The highest BCUT2D eigenvalue weighted by molar-refractivity contribution is 5.80. The van der Waals surface area contributed by atoms with Crippen molar-refractivity contribution in [2.24, 2.45) is 16.8 Å². The fourth-order valence-corrected chi connectivity index (χ4v) is 2.55. The van der Waals surface area contributed by atoms with Crippen LogP contribution in [0.4, 0.5) is 4.39 Å². The molecule has 0 spiro atoms. The van der Waals surface area contributed by atoms with Crippen LogP contribution >= 0.6 is 0 Å². The fraction of sp³-hybridized carbons (Fsp3) is 0.611. The molecule has 1 aromatic carbocycles. The Bertz CT molecular complexity index is 586. The standard InChI is InChI=1S/C18H26FN3O/c1-11-8-16(11)22-18(20-3)21-12(2)14-6-7-17(15(19)9-14)23-10-13-4-5-13/h6-7,9,11-13,16H,4-5,8,10H2,1-3H3,(H2,20,21,22). The highest BCUT2D eigenvalue weighted by Gasteiger charge is 2.33. The van der Waals surface area contributed by atoms with Crippen molar-refractivity contribution in [1.82, 2.24) is 10.6 Å². The van der Waals surface area contributed by atoms with Gasteiger partial charge < -0.3 is 15.4 Å². The van der Waals surface area contributed by atoms with Crippen molar-refractivity contribution >= 4 is 5.96 Å². The molecule has 2 saturated carbocycles. The Hall–Kier alpha value is -1.78.